The van der Waals surface area contributed by atoms with Gasteiger partial charge >= 0.3 is 5.97 Å². The van der Waals surface area contributed by atoms with Crippen molar-refractivity contribution in [1.29, 1.82) is 0 Å². The highest BCUT2D eigenvalue weighted by molar-refractivity contribution is 5.81. The first-order chi connectivity index (χ1) is 11.1. The first-order valence-corrected chi connectivity index (χ1v) is 8.65. The third-order valence-electron chi connectivity index (χ3n) is 5.59. The van der Waals surface area contributed by atoms with Crippen LogP contribution in [0.25, 0.3) is 0 Å². The van der Waals surface area contributed by atoms with Crippen LogP contribution in [0.4, 0.5) is 0 Å². The average molecular weight is 315 g/mol. The van der Waals surface area contributed by atoms with Crippen LogP contribution in [0.1, 0.15) is 57.4 Å². The Hall–Kier alpha value is -1.84. The molecule has 3 rings (SSSR count). The van der Waals surface area contributed by atoms with Gasteiger partial charge < -0.3 is 9.94 Å². The molecule has 0 saturated heterocycles. The van der Waals surface area contributed by atoms with Gasteiger partial charge in [0.15, 0.2) is 0 Å². The summed E-state index contributed by atoms with van der Waals surface area (Å²) in [5, 5.41) is 13.1. The lowest BCUT2D eigenvalue weighted by atomic mass is 9.60. The largest absolute Gasteiger partial charge is 0.508 e. The smallest absolute Gasteiger partial charge is 0.341 e. The van der Waals surface area contributed by atoms with Gasteiger partial charge in [-0.1, -0.05) is 31.3 Å². The van der Waals surface area contributed by atoms with Crippen LogP contribution in [0.3, 0.4) is 0 Å². The molecule has 2 aliphatic carbocycles. The molecule has 2 unspecified atom stereocenters. The van der Waals surface area contributed by atoms with E-state index in [1.165, 1.54) is 31.9 Å². The van der Waals surface area contributed by atoms with Crippen LogP contribution in [-0.4, -0.2) is 17.3 Å². The fourth-order valence-electron chi connectivity index (χ4n) is 4.35. The van der Waals surface area contributed by atoms with Crippen molar-refractivity contribution in [3.63, 3.8) is 0 Å². The van der Waals surface area contributed by atoms with Gasteiger partial charge in [0.25, 0.3) is 0 Å². The molecular weight excluding hydrogens is 290 g/mol. The lowest BCUT2D eigenvalue weighted by Crippen LogP contribution is -2.41. The minimum absolute atomic E-state index is 0.174. The first kappa shape index (κ1) is 16.0. The van der Waals surface area contributed by atoms with Gasteiger partial charge in [-0.05, 0) is 67.3 Å². The van der Waals surface area contributed by atoms with Crippen LogP contribution in [0.2, 0.25) is 0 Å². The van der Waals surface area contributed by atoms with Gasteiger partial charge in [0, 0.05) is 0 Å². The van der Waals surface area contributed by atoms with Gasteiger partial charge in [-0.3, -0.25) is 0 Å². The Morgan fingerprint density at radius 3 is 2.57 bits per heavy atom. The minimum Gasteiger partial charge on any atom is -0.508 e. The van der Waals surface area contributed by atoms with Crippen molar-refractivity contribution in [3.8, 4) is 5.75 Å². The molecule has 2 fully saturated rings. The molecule has 4 nitrogen and oxygen atoms in total. The number of fused-ring (bicyclic) bond motifs is 2. The summed E-state index contributed by atoms with van der Waals surface area (Å²) in [6, 6.07) is 6.62. The van der Waals surface area contributed by atoms with Crippen LogP contribution in [0.5, 0.6) is 5.75 Å². The average Bonchev–Trinajstić information content (AvgIpc) is 2.56. The number of benzene rings is 1. The molecule has 124 valence electrons. The fourth-order valence-corrected chi connectivity index (χ4v) is 4.35. The third-order valence-corrected chi connectivity index (χ3v) is 5.59. The van der Waals surface area contributed by atoms with Gasteiger partial charge in [0.05, 0.1) is 11.6 Å². The Bertz CT molecular complexity index is 567. The monoisotopic (exact) mass is 315 g/mol. The highest BCUT2D eigenvalue weighted by Crippen LogP contribution is 2.51. The van der Waals surface area contributed by atoms with Crippen molar-refractivity contribution < 1.29 is 14.7 Å². The van der Waals surface area contributed by atoms with Crippen LogP contribution in [0.15, 0.2) is 29.4 Å². The predicted molar refractivity (Wildman–Crippen MR) is 89.2 cm³/mol. The molecule has 0 spiro atoms. The van der Waals surface area contributed by atoms with Gasteiger partial charge in [-0.15, -0.1) is 0 Å². The molecule has 2 aliphatic rings. The molecule has 0 amide bonds. The topological polar surface area (TPSA) is 58.9 Å². The number of carbonyl (C=O) groups excluding carboxylic acids is 1. The molecule has 0 aromatic heterocycles. The summed E-state index contributed by atoms with van der Waals surface area (Å²) in [7, 11) is 0. The number of nitrogens with zero attached hydrogens (tertiary/aromatic N) is 1. The molecule has 23 heavy (non-hydrogen) atoms. The number of oxime groups is 1. The van der Waals surface area contributed by atoms with Crippen LogP contribution < -0.4 is 0 Å². The summed E-state index contributed by atoms with van der Waals surface area (Å²) in [6.07, 6.45) is 9.35. The van der Waals surface area contributed by atoms with Gasteiger partial charge in [0.1, 0.15) is 5.75 Å². The van der Waals surface area contributed by atoms with Crippen LogP contribution >= 0.6 is 0 Å². The van der Waals surface area contributed by atoms with E-state index in [1.807, 2.05) is 0 Å². The summed E-state index contributed by atoms with van der Waals surface area (Å²) in [5.74, 6) is 1.39. The van der Waals surface area contributed by atoms with Crippen molar-refractivity contribution >= 4 is 12.2 Å². The SMILES string of the molecule is CCC1(C(=O)O/N=C/c2ccc(O)cc2)CC2CCCC(C2)C1. The maximum atomic E-state index is 12.7. The number of aromatic hydroxyl groups is 1. The summed E-state index contributed by atoms with van der Waals surface area (Å²) in [6.45, 7) is 2.09. The fraction of sp³-hybridized carbons (Fsp3) is 0.579. The van der Waals surface area contributed by atoms with Crippen molar-refractivity contribution in [2.24, 2.45) is 22.4 Å². The van der Waals surface area contributed by atoms with Crippen molar-refractivity contribution in [2.75, 3.05) is 0 Å². The molecule has 0 heterocycles. The summed E-state index contributed by atoms with van der Waals surface area (Å²) in [4.78, 5) is 17.9. The van der Waals surface area contributed by atoms with E-state index < -0.39 is 0 Å². The van der Waals surface area contributed by atoms with E-state index in [0.717, 1.165) is 24.8 Å². The van der Waals surface area contributed by atoms with Crippen molar-refractivity contribution in [2.45, 2.75) is 51.9 Å². The molecule has 2 saturated carbocycles. The Morgan fingerprint density at radius 2 is 1.96 bits per heavy atom. The van der Waals surface area contributed by atoms with E-state index in [-0.39, 0.29) is 17.1 Å². The van der Waals surface area contributed by atoms with E-state index in [2.05, 4.69) is 12.1 Å². The molecule has 1 N–H and O–H groups in total. The third kappa shape index (κ3) is 3.57. The Balaban J connectivity index is 1.64. The number of carbonyl (C=O) groups is 1. The Labute approximate surface area is 137 Å². The van der Waals surface area contributed by atoms with E-state index in [9.17, 15) is 9.90 Å². The quantitative estimate of drug-likeness (QED) is 0.513. The van der Waals surface area contributed by atoms with Crippen molar-refractivity contribution in [1.82, 2.24) is 0 Å². The number of hydrogen-bond acceptors (Lipinski definition) is 4. The summed E-state index contributed by atoms with van der Waals surface area (Å²) < 4.78 is 0. The lowest BCUT2D eigenvalue weighted by Gasteiger charge is -2.44. The molecule has 2 bridgehead atoms. The van der Waals surface area contributed by atoms with Gasteiger partial charge in [-0.25, -0.2) is 4.79 Å². The van der Waals surface area contributed by atoms with Crippen molar-refractivity contribution in [3.05, 3.63) is 29.8 Å². The summed E-state index contributed by atoms with van der Waals surface area (Å²) >= 11 is 0. The Morgan fingerprint density at radius 1 is 1.30 bits per heavy atom. The highest BCUT2D eigenvalue weighted by Gasteiger charge is 2.47. The molecule has 1 aromatic carbocycles. The van der Waals surface area contributed by atoms with E-state index >= 15 is 0 Å². The second kappa shape index (κ2) is 6.73. The number of phenolic OH excluding ortho intramolecular Hbond substituents is 1. The van der Waals surface area contributed by atoms with Crippen LogP contribution in [0, 0.1) is 17.3 Å². The standard InChI is InChI=1S/C19H25NO3/c1-2-19(11-15-4-3-5-16(10-15)12-19)18(22)23-20-13-14-6-8-17(21)9-7-14/h6-9,13,15-16,21H,2-5,10-12H2,1H3/b20-13+. The molecule has 4 heteroatoms. The zero-order chi connectivity index (χ0) is 16.3. The lowest BCUT2D eigenvalue weighted by molar-refractivity contribution is -0.162. The second-order valence-electron chi connectivity index (χ2n) is 7.15. The summed E-state index contributed by atoms with van der Waals surface area (Å²) in [5.41, 5.74) is 0.446. The predicted octanol–water partition coefficient (Wildman–Crippen LogP) is 4.27. The van der Waals surface area contributed by atoms with E-state index in [4.69, 9.17) is 4.84 Å². The molecular formula is C19H25NO3. The molecule has 2 atom stereocenters. The maximum Gasteiger partial charge on any atom is 0.341 e. The number of phenols is 1. The minimum atomic E-state index is -0.347. The maximum absolute atomic E-state index is 12.7. The normalized spacial score (nSPS) is 30.3. The van der Waals surface area contributed by atoms with E-state index in [1.54, 1.807) is 24.3 Å². The zero-order valence-electron chi connectivity index (χ0n) is 13.7. The van der Waals surface area contributed by atoms with E-state index in [0.29, 0.717) is 11.8 Å². The zero-order valence-corrected chi connectivity index (χ0v) is 13.7. The number of rotatable bonds is 4. The molecule has 0 radical (unpaired) electrons. The molecule has 0 aliphatic heterocycles. The Kier molecular flexibility index (Phi) is 4.69. The van der Waals surface area contributed by atoms with Gasteiger partial charge in [0.2, 0.25) is 0 Å². The second-order valence-corrected chi connectivity index (χ2v) is 7.15. The first-order valence-electron chi connectivity index (χ1n) is 8.65. The highest BCUT2D eigenvalue weighted by atomic mass is 16.7. The van der Waals surface area contributed by atoms with Gasteiger partial charge in [-0.2, -0.15) is 0 Å². The number of hydrogen-bond donors (Lipinski definition) is 1. The van der Waals surface area contributed by atoms with Crippen LogP contribution in [-0.2, 0) is 9.63 Å². The molecule has 1 aromatic rings.